The minimum atomic E-state index is -1.06. The highest BCUT2D eigenvalue weighted by Crippen LogP contribution is 2.31. The van der Waals surface area contributed by atoms with Crippen molar-refractivity contribution in [3.8, 4) is 11.5 Å². The van der Waals surface area contributed by atoms with E-state index in [-0.39, 0.29) is 23.5 Å². The van der Waals surface area contributed by atoms with Gasteiger partial charge in [-0.05, 0) is 43.0 Å². The Hall–Kier alpha value is -2.82. The third-order valence-electron chi connectivity index (χ3n) is 3.93. The van der Waals surface area contributed by atoms with Crippen LogP contribution in [0.1, 0.15) is 34.3 Å². The Kier molecular flexibility index (Phi) is 5.58. The fraction of sp³-hybridized carbons (Fsp3) is 0.263. The number of benzene rings is 2. The van der Waals surface area contributed by atoms with Gasteiger partial charge in [0, 0.05) is 6.42 Å². The Bertz CT molecular complexity index is 714. The van der Waals surface area contributed by atoms with Crippen LogP contribution in [-0.2, 0) is 11.2 Å². The lowest BCUT2D eigenvalue weighted by Crippen LogP contribution is -2.19. The molecular formula is C19H20O5. The lowest BCUT2D eigenvalue weighted by atomic mass is 9.91. The van der Waals surface area contributed by atoms with Crippen LogP contribution in [0.15, 0.2) is 42.5 Å². The van der Waals surface area contributed by atoms with Gasteiger partial charge < -0.3 is 15.3 Å². The van der Waals surface area contributed by atoms with Gasteiger partial charge in [0.1, 0.15) is 17.1 Å². The molecule has 1 atom stereocenters. The fourth-order valence-electron chi connectivity index (χ4n) is 2.66. The summed E-state index contributed by atoms with van der Waals surface area (Å²) in [4.78, 5) is 23.8. The quantitative estimate of drug-likeness (QED) is 0.678. The maximum Gasteiger partial charge on any atom is 0.306 e. The number of carbonyl (C=O) groups is 2. The highest BCUT2D eigenvalue weighted by Gasteiger charge is 2.25. The number of aliphatic carboxylic acids is 1. The number of aromatic hydroxyl groups is 2. The Balaban J connectivity index is 2.10. The second-order valence-corrected chi connectivity index (χ2v) is 5.86. The first-order chi connectivity index (χ1) is 11.4. The van der Waals surface area contributed by atoms with E-state index in [0.717, 1.165) is 5.56 Å². The Labute approximate surface area is 140 Å². The number of ketones is 1. The third kappa shape index (κ3) is 4.35. The lowest BCUT2D eigenvalue weighted by molar-refractivity contribution is -0.141. The van der Waals surface area contributed by atoms with Crippen molar-refractivity contribution in [2.24, 2.45) is 5.92 Å². The molecule has 0 aliphatic heterocycles. The van der Waals surface area contributed by atoms with Gasteiger partial charge in [0.05, 0.1) is 5.92 Å². The van der Waals surface area contributed by atoms with Gasteiger partial charge in [-0.3, -0.25) is 9.59 Å². The van der Waals surface area contributed by atoms with Gasteiger partial charge in [-0.25, -0.2) is 0 Å². The van der Waals surface area contributed by atoms with Crippen LogP contribution in [0.2, 0.25) is 0 Å². The summed E-state index contributed by atoms with van der Waals surface area (Å²) in [5.74, 6) is -3.18. The SMILES string of the molecule is Cc1cc(O)c(C(=O)C[C@@H](CCc2ccccc2)C(=O)O)c(O)c1. The summed E-state index contributed by atoms with van der Waals surface area (Å²) in [7, 11) is 0. The topological polar surface area (TPSA) is 94.8 Å². The molecule has 126 valence electrons. The molecule has 2 rings (SSSR count). The highest BCUT2D eigenvalue weighted by atomic mass is 16.4. The molecule has 5 nitrogen and oxygen atoms in total. The number of aryl methyl sites for hydroxylation is 2. The van der Waals surface area contributed by atoms with Gasteiger partial charge in [-0.15, -0.1) is 0 Å². The Morgan fingerprint density at radius 2 is 1.62 bits per heavy atom. The standard InChI is InChI=1S/C19H20O5/c1-12-9-15(20)18(16(21)10-12)17(22)11-14(19(23)24)8-7-13-5-3-2-4-6-13/h2-6,9-10,14,20-21H,7-8,11H2,1H3,(H,23,24)/t14-/m1/s1. The summed E-state index contributed by atoms with van der Waals surface area (Å²) in [6.45, 7) is 1.67. The van der Waals surface area contributed by atoms with Crippen LogP contribution >= 0.6 is 0 Å². The van der Waals surface area contributed by atoms with E-state index in [9.17, 15) is 24.9 Å². The second kappa shape index (κ2) is 7.64. The van der Waals surface area contributed by atoms with E-state index in [0.29, 0.717) is 18.4 Å². The van der Waals surface area contributed by atoms with Crippen molar-refractivity contribution in [3.63, 3.8) is 0 Å². The van der Waals surface area contributed by atoms with Crippen LogP contribution in [0.4, 0.5) is 0 Å². The van der Waals surface area contributed by atoms with Gasteiger partial charge in [-0.2, -0.15) is 0 Å². The van der Waals surface area contributed by atoms with Gasteiger partial charge in [0.15, 0.2) is 5.78 Å². The number of rotatable bonds is 7. The first-order valence-electron chi connectivity index (χ1n) is 7.71. The largest absolute Gasteiger partial charge is 0.507 e. The minimum Gasteiger partial charge on any atom is -0.507 e. The lowest BCUT2D eigenvalue weighted by Gasteiger charge is -2.13. The molecule has 3 N–H and O–H groups in total. The molecule has 0 aromatic heterocycles. The molecule has 2 aromatic carbocycles. The zero-order valence-electron chi connectivity index (χ0n) is 13.4. The normalized spacial score (nSPS) is 11.9. The van der Waals surface area contributed by atoms with Crippen molar-refractivity contribution in [1.29, 1.82) is 0 Å². The van der Waals surface area contributed by atoms with Crippen LogP contribution in [0.25, 0.3) is 0 Å². The first kappa shape index (κ1) is 17.5. The van der Waals surface area contributed by atoms with Gasteiger partial charge in [0.2, 0.25) is 0 Å². The predicted octanol–water partition coefficient (Wildman–Crippen LogP) is 3.31. The monoisotopic (exact) mass is 328 g/mol. The van der Waals surface area contributed by atoms with Crippen molar-refractivity contribution in [3.05, 3.63) is 59.2 Å². The number of hydrogen-bond donors (Lipinski definition) is 3. The van der Waals surface area contributed by atoms with Crippen LogP contribution in [-0.4, -0.2) is 27.1 Å². The van der Waals surface area contributed by atoms with Crippen molar-refractivity contribution in [2.45, 2.75) is 26.2 Å². The summed E-state index contributed by atoms with van der Waals surface area (Å²) in [5, 5.41) is 29.1. The van der Waals surface area contributed by atoms with Crippen LogP contribution < -0.4 is 0 Å². The zero-order chi connectivity index (χ0) is 17.7. The van der Waals surface area contributed by atoms with Crippen molar-refractivity contribution < 1.29 is 24.9 Å². The summed E-state index contributed by atoms with van der Waals surface area (Å²) in [5.41, 5.74) is 1.39. The zero-order valence-corrected chi connectivity index (χ0v) is 13.4. The molecular weight excluding hydrogens is 308 g/mol. The number of phenols is 2. The third-order valence-corrected chi connectivity index (χ3v) is 3.93. The number of carboxylic acid groups (broad SMARTS) is 1. The molecule has 0 radical (unpaired) electrons. The maximum absolute atomic E-state index is 12.3. The molecule has 0 amide bonds. The van der Waals surface area contributed by atoms with Gasteiger partial charge in [0.25, 0.3) is 0 Å². The van der Waals surface area contributed by atoms with E-state index in [1.54, 1.807) is 6.92 Å². The van der Waals surface area contributed by atoms with Crippen LogP contribution in [0.5, 0.6) is 11.5 Å². The highest BCUT2D eigenvalue weighted by molar-refractivity contribution is 6.02. The predicted molar refractivity (Wildman–Crippen MR) is 89.3 cm³/mol. The summed E-state index contributed by atoms with van der Waals surface area (Å²) < 4.78 is 0. The average molecular weight is 328 g/mol. The van der Waals surface area contributed by atoms with E-state index in [1.807, 2.05) is 30.3 Å². The van der Waals surface area contributed by atoms with E-state index < -0.39 is 17.7 Å². The smallest absolute Gasteiger partial charge is 0.306 e. The van der Waals surface area contributed by atoms with E-state index in [2.05, 4.69) is 0 Å². The molecule has 0 saturated heterocycles. The minimum absolute atomic E-state index is 0.216. The summed E-state index contributed by atoms with van der Waals surface area (Å²) in [6.07, 6.45) is 0.571. The number of hydrogen-bond acceptors (Lipinski definition) is 4. The van der Waals surface area contributed by atoms with Crippen molar-refractivity contribution in [2.75, 3.05) is 0 Å². The van der Waals surface area contributed by atoms with E-state index in [4.69, 9.17) is 0 Å². The molecule has 5 heteroatoms. The summed E-state index contributed by atoms with van der Waals surface area (Å²) >= 11 is 0. The molecule has 0 saturated carbocycles. The van der Waals surface area contributed by atoms with Crippen molar-refractivity contribution >= 4 is 11.8 Å². The summed E-state index contributed by atoms with van der Waals surface area (Å²) in [6, 6.07) is 12.2. The Morgan fingerprint density at radius 3 is 2.17 bits per heavy atom. The Morgan fingerprint density at radius 1 is 1.04 bits per heavy atom. The van der Waals surface area contributed by atoms with Gasteiger partial charge in [-0.1, -0.05) is 30.3 Å². The van der Waals surface area contributed by atoms with E-state index in [1.165, 1.54) is 12.1 Å². The molecule has 0 bridgehead atoms. The molecule has 0 unspecified atom stereocenters. The molecule has 2 aromatic rings. The molecule has 24 heavy (non-hydrogen) atoms. The van der Waals surface area contributed by atoms with Crippen LogP contribution in [0, 0.1) is 12.8 Å². The second-order valence-electron chi connectivity index (χ2n) is 5.86. The van der Waals surface area contributed by atoms with Gasteiger partial charge >= 0.3 is 5.97 Å². The number of carboxylic acids is 1. The maximum atomic E-state index is 12.3. The number of Topliss-reactive ketones (excluding diaryl/α,β-unsaturated/α-hetero) is 1. The molecule has 0 heterocycles. The molecule has 0 fully saturated rings. The molecule has 0 aliphatic carbocycles. The number of phenolic OH excluding ortho intramolecular Hbond substituents is 2. The average Bonchev–Trinajstić information content (AvgIpc) is 2.51. The van der Waals surface area contributed by atoms with E-state index >= 15 is 0 Å². The molecule has 0 spiro atoms. The first-order valence-corrected chi connectivity index (χ1v) is 7.71. The number of carbonyl (C=O) groups excluding carboxylic acids is 1. The van der Waals surface area contributed by atoms with Crippen molar-refractivity contribution in [1.82, 2.24) is 0 Å². The van der Waals surface area contributed by atoms with Crippen LogP contribution in [0.3, 0.4) is 0 Å². The molecule has 0 aliphatic rings. The fourth-order valence-corrected chi connectivity index (χ4v) is 2.66.